The van der Waals surface area contributed by atoms with Crippen molar-refractivity contribution in [1.82, 2.24) is 15.5 Å². The average Bonchev–Trinajstić information content (AvgIpc) is 3.17. The largest absolute Gasteiger partial charge is 0.352 e. The zero-order valence-corrected chi connectivity index (χ0v) is 12.7. The van der Waals surface area contributed by atoms with E-state index in [2.05, 4.69) is 15.5 Å². The molecule has 1 saturated carbocycles. The summed E-state index contributed by atoms with van der Waals surface area (Å²) in [6.45, 7) is 1.92. The summed E-state index contributed by atoms with van der Waals surface area (Å²) in [6.07, 6.45) is 2.19. The number of aromatic nitrogens is 2. The van der Waals surface area contributed by atoms with Crippen LogP contribution in [-0.4, -0.2) is 22.1 Å². The second-order valence-corrected chi connectivity index (χ2v) is 7.31. The molecule has 1 amide bonds. The monoisotopic (exact) mass is 305 g/mol. The SMILES string of the molecule is Cc1nnc(SC(C(=O)NC2CC2)c2ccccc2)s1. The van der Waals surface area contributed by atoms with Gasteiger partial charge in [-0.05, 0) is 25.3 Å². The van der Waals surface area contributed by atoms with E-state index in [1.807, 2.05) is 37.3 Å². The van der Waals surface area contributed by atoms with Gasteiger partial charge in [-0.2, -0.15) is 0 Å². The van der Waals surface area contributed by atoms with E-state index in [1.165, 1.54) is 23.1 Å². The summed E-state index contributed by atoms with van der Waals surface area (Å²) in [5, 5.41) is 11.9. The van der Waals surface area contributed by atoms with Crippen LogP contribution in [0, 0.1) is 6.92 Å². The van der Waals surface area contributed by atoms with Crippen LogP contribution in [0.1, 0.15) is 28.7 Å². The zero-order valence-electron chi connectivity index (χ0n) is 11.1. The van der Waals surface area contributed by atoms with E-state index in [0.717, 1.165) is 27.8 Å². The van der Waals surface area contributed by atoms with Crippen LogP contribution in [-0.2, 0) is 4.79 Å². The van der Waals surface area contributed by atoms with Crippen molar-refractivity contribution in [2.45, 2.75) is 35.4 Å². The molecule has 6 heteroatoms. The first kappa shape index (κ1) is 13.6. The summed E-state index contributed by atoms with van der Waals surface area (Å²) in [4.78, 5) is 12.4. The van der Waals surface area contributed by atoms with Gasteiger partial charge in [0.1, 0.15) is 10.3 Å². The first-order chi connectivity index (χ1) is 9.72. The van der Waals surface area contributed by atoms with E-state index in [9.17, 15) is 4.79 Å². The smallest absolute Gasteiger partial charge is 0.238 e. The van der Waals surface area contributed by atoms with Gasteiger partial charge in [0.15, 0.2) is 4.34 Å². The number of aryl methyl sites for hydroxylation is 1. The van der Waals surface area contributed by atoms with Crippen molar-refractivity contribution in [3.8, 4) is 0 Å². The topological polar surface area (TPSA) is 54.9 Å². The lowest BCUT2D eigenvalue weighted by Crippen LogP contribution is -2.29. The molecule has 1 aromatic carbocycles. The average molecular weight is 305 g/mol. The van der Waals surface area contributed by atoms with Crippen molar-refractivity contribution < 1.29 is 4.79 Å². The number of thioether (sulfide) groups is 1. The van der Waals surface area contributed by atoms with Crippen molar-refractivity contribution in [2.24, 2.45) is 0 Å². The van der Waals surface area contributed by atoms with Crippen LogP contribution in [0.4, 0.5) is 0 Å². The highest BCUT2D eigenvalue weighted by atomic mass is 32.2. The normalized spacial score (nSPS) is 15.8. The first-order valence-electron chi connectivity index (χ1n) is 6.54. The number of rotatable bonds is 5. The molecule has 0 aliphatic heterocycles. The molecule has 0 saturated heterocycles. The number of nitrogens with one attached hydrogen (secondary N) is 1. The Morgan fingerprint density at radius 2 is 2.10 bits per heavy atom. The minimum Gasteiger partial charge on any atom is -0.352 e. The molecule has 2 aromatic rings. The van der Waals surface area contributed by atoms with E-state index in [4.69, 9.17) is 0 Å². The maximum Gasteiger partial charge on any atom is 0.238 e. The van der Waals surface area contributed by atoms with Gasteiger partial charge in [-0.15, -0.1) is 10.2 Å². The molecule has 1 atom stereocenters. The van der Waals surface area contributed by atoms with Crippen LogP contribution in [0.2, 0.25) is 0 Å². The summed E-state index contributed by atoms with van der Waals surface area (Å²) >= 11 is 3.00. The fourth-order valence-electron chi connectivity index (χ4n) is 1.83. The third-order valence-corrected chi connectivity index (χ3v) is 5.17. The Kier molecular flexibility index (Phi) is 4.03. The van der Waals surface area contributed by atoms with Crippen molar-refractivity contribution >= 4 is 29.0 Å². The van der Waals surface area contributed by atoms with E-state index in [-0.39, 0.29) is 11.2 Å². The van der Waals surface area contributed by atoms with Gasteiger partial charge in [-0.25, -0.2) is 0 Å². The number of carbonyl (C=O) groups is 1. The maximum absolute atomic E-state index is 12.4. The van der Waals surface area contributed by atoms with Gasteiger partial charge in [0.05, 0.1) is 0 Å². The predicted octanol–water partition coefficient (Wildman–Crippen LogP) is 2.96. The minimum absolute atomic E-state index is 0.0663. The first-order valence-corrected chi connectivity index (χ1v) is 8.24. The summed E-state index contributed by atoms with van der Waals surface area (Å²) in [7, 11) is 0. The number of hydrogen-bond donors (Lipinski definition) is 1. The molecule has 4 nitrogen and oxygen atoms in total. The Morgan fingerprint density at radius 1 is 1.35 bits per heavy atom. The summed E-state index contributed by atoms with van der Waals surface area (Å²) in [6, 6.07) is 10.2. The molecule has 1 aromatic heterocycles. The minimum atomic E-state index is -0.260. The molecular weight excluding hydrogens is 290 g/mol. The third-order valence-electron chi connectivity index (χ3n) is 2.99. The van der Waals surface area contributed by atoms with E-state index in [1.54, 1.807) is 0 Å². The van der Waals surface area contributed by atoms with E-state index < -0.39 is 0 Å². The fourth-order valence-corrected chi connectivity index (χ4v) is 3.85. The van der Waals surface area contributed by atoms with Crippen LogP contribution < -0.4 is 5.32 Å². The van der Waals surface area contributed by atoms with Crippen molar-refractivity contribution in [3.63, 3.8) is 0 Å². The zero-order chi connectivity index (χ0) is 13.9. The highest BCUT2D eigenvalue weighted by Crippen LogP contribution is 2.37. The molecule has 20 heavy (non-hydrogen) atoms. The highest BCUT2D eigenvalue weighted by molar-refractivity contribution is 8.01. The van der Waals surface area contributed by atoms with Gasteiger partial charge in [0.2, 0.25) is 5.91 Å². The lowest BCUT2D eigenvalue weighted by molar-refractivity contribution is -0.120. The summed E-state index contributed by atoms with van der Waals surface area (Å²) in [5.41, 5.74) is 1.00. The van der Waals surface area contributed by atoms with Crippen molar-refractivity contribution in [3.05, 3.63) is 40.9 Å². The maximum atomic E-state index is 12.4. The Labute approximate surface area is 126 Å². The standard InChI is InChI=1S/C14H15N3OS2/c1-9-16-17-14(19-9)20-12(10-5-3-2-4-6-10)13(18)15-11-7-8-11/h2-6,11-12H,7-8H2,1H3,(H,15,18). The Bertz CT molecular complexity index is 595. The van der Waals surface area contributed by atoms with E-state index >= 15 is 0 Å². The Hall–Kier alpha value is -1.40. The second-order valence-electron chi connectivity index (χ2n) is 4.78. The number of hydrogen-bond acceptors (Lipinski definition) is 5. The molecule has 1 unspecified atom stereocenters. The van der Waals surface area contributed by atoms with Gasteiger partial charge in [-0.3, -0.25) is 4.79 Å². The Balaban J connectivity index is 1.80. The van der Waals surface area contributed by atoms with Crippen LogP contribution in [0.3, 0.4) is 0 Å². The lowest BCUT2D eigenvalue weighted by atomic mass is 10.1. The van der Waals surface area contributed by atoms with Crippen LogP contribution in [0.25, 0.3) is 0 Å². The highest BCUT2D eigenvalue weighted by Gasteiger charge is 2.29. The van der Waals surface area contributed by atoms with Gasteiger partial charge < -0.3 is 5.32 Å². The van der Waals surface area contributed by atoms with Gasteiger partial charge in [0, 0.05) is 6.04 Å². The van der Waals surface area contributed by atoms with Gasteiger partial charge >= 0.3 is 0 Å². The summed E-state index contributed by atoms with van der Waals surface area (Å²) in [5.74, 6) is 0.0663. The van der Waals surface area contributed by atoms with Gasteiger partial charge in [0.25, 0.3) is 0 Å². The predicted molar refractivity (Wildman–Crippen MR) is 80.9 cm³/mol. The number of amides is 1. The van der Waals surface area contributed by atoms with Crippen LogP contribution >= 0.6 is 23.1 Å². The molecule has 1 aliphatic carbocycles. The van der Waals surface area contributed by atoms with E-state index in [0.29, 0.717) is 6.04 Å². The van der Waals surface area contributed by atoms with Gasteiger partial charge in [-0.1, -0.05) is 53.4 Å². The summed E-state index contributed by atoms with van der Waals surface area (Å²) < 4.78 is 0.835. The molecule has 0 spiro atoms. The number of carbonyl (C=O) groups excluding carboxylic acids is 1. The molecule has 3 rings (SSSR count). The quantitative estimate of drug-likeness (QED) is 0.863. The fraction of sp³-hybridized carbons (Fsp3) is 0.357. The van der Waals surface area contributed by atoms with Crippen molar-refractivity contribution in [2.75, 3.05) is 0 Å². The molecule has 1 N–H and O–H groups in total. The Morgan fingerprint density at radius 3 is 2.70 bits per heavy atom. The molecular formula is C14H15N3OS2. The third kappa shape index (κ3) is 3.37. The number of nitrogens with zero attached hydrogens (tertiary/aromatic N) is 2. The van der Waals surface area contributed by atoms with Crippen molar-refractivity contribution in [1.29, 1.82) is 0 Å². The molecule has 0 bridgehead atoms. The van der Waals surface area contributed by atoms with Crippen LogP contribution in [0.5, 0.6) is 0 Å². The molecule has 1 heterocycles. The molecule has 1 aliphatic rings. The second kappa shape index (κ2) is 5.93. The molecule has 104 valence electrons. The number of benzene rings is 1. The molecule has 0 radical (unpaired) electrons. The molecule has 1 fully saturated rings. The van der Waals surface area contributed by atoms with Crippen LogP contribution in [0.15, 0.2) is 34.7 Å². The lowest BCUT2D eigenvalue weighted by Gasteiger charge is -2.15.